The number of alkyl halides is 3. The number of aryl methyl sites for hydroxylation is 2. The average molecular weight is 408 g/mol. The number of ether oxygens (including phenoxy) is 1. The Bertz CT molecular complexity index is 892. The number of aromatic nitrogens is 3. The minimum atomic E-state index is -4.57. The topological polar surface area (TPSA) is 71.4 Å². The molecule has 1 aliphatic heterocycles. The molecule has 4 atom stereocenters. The standard InChI is InChI=1S/C20H23F3N4O2/c1-11-3-4-16(12(2)25-11)29-17-8-14-10-27(9-13(14)7-15(17)28)18-5-6-24-19(26-18)20(21,22)23/h3-6,13-15,17,28H,7-10H2,1-2H3/t13-,14+,15+,17+/m0/s1. The lowest BCUT2D eigenvalue weighted by Crippen LogP contribution is -2.42. The summed E-state index contributed by atoms with van der Waals surface area (Å²) in [4.78, 5) is 13.3. The first-order valence-corrected chi connectivity index (χ1v) is 9.65. The molecule has 9 heteroatoms. The van der Waals surface area contributed by atoms with E-state index in [0.717, 1.165) is 17.6 Å². The Hall–Kier alpha value is -2.42. The first-order valence-electron chi connectivity index (χ1n) is 9.65. The summed E-state index contributed by atoms with van der Waals surface area (Å²) in [7, 11) is 0. The van der Waals surface area contributed by atoms with E-state index in [1.165, 1.54) is 6.07 Å². The lowest BCUT2D eigenvalue weighted by molar-refractivity contribution is -0.144. The van der Waals surface area contributed by atoms with Crippen molar-refractivity contribution < 1.29 is 23.0 Å². The van der Waals surface area contributed by atoms with Crippen LogP contribution in [0.2, 0.25) is 0 Å². The number of aliphatic hydroxyl groups excluding tert-OH is 1. The van der Waals surface area contributed by atoms with Crippen molar-refractivity contribution in [1.29, 1.82) is 0 Å². The molecular weight excluding hydrogens is 385 g/mol. The van der Waals surface area contributed by atoms with Gasteiger partial charge in [-0.1, -0.05) is 0 Å². The zero-order chi connectivity index (χ0) is 20.8. The highest BCUT2D eigenvalue weighted by Gasteiger charge is 2.43. The summed E-state index contributed by atoms with van der Waals surface area (Å²) in [6.07, 6.45) is -3.25. The zero-order valence-electron chi connectivity index (χ0n) is 16.2. The number of rotatable bonds is 3. The molecule has 0 radical (unpaired) electrons. The molecule has 0 bridgehead atoms. The first-order chi connectivity index (χ1) is 13.7. The third kappa shape index (κ3) is 4.14. The van der Waals surface area contributed by atoms with Crippen LogP contribution < -0.4 is 9.64 Å². The van der Waals surface area contributed by atoms with E-state index in [4.69, 9.17) is 4.74 Å². The first kappa shape index (κ1) is 19.9. The molecule has 2 fully saturated rings. The number of fused-ring (bicyclic) bond motifs is 1. The van der Waals surface area contributed by atoms with Crippen molar-refractivity contribution in [1.82, 2.24) is 15.0 Å². The minimum Gasteiger partial charge on any atom is -0.486 e. The van der Waals surface area contributed by atoms with E-state index < -0.39 is 18.1 Å². The maximum absolute atomic E-state index is 12.9. The molecule has 1 aliphatic carbocycles. The van der Waals surface area contributed by atoms with Gasteiger partial charge in [-0.15, -0.1) is 0 Å². The number of halogens is 3. The Kier molecular flexibility index (Phi) is 5.10. The lowest BCUT2D eigenvalue weighted by atomic mass is 9.78. The fourth-order valence-corrected chi connectivity index (χ4v) is 4.33. The quantitative estimate of drug-likeness (QED) is 0.841. The summed E-state index contributed by atoms with van der Waals surface area (Å²) in [6.45, 7) is 4.91. The van der Waals surface area contributed by atoms with Crippen molar-refractivity contribution >= 4 is 5.82 Å². The van der Waals surface area contributed by atoms with Crippen LogP contribution in [0.3, 0.4) is 0 Å². The molecule has 4 rings (SSSR count). The Morgan fingerprint density at radius 1 is 1.07 bits per heavy atom. The Labute approximate surface area is 166 Å². The molecule has 3 heterocycles. The highest BCUT2D eigenvalue weighted by Crippen LogP contribution is 2.40. The van der Waals surface area contributed by atoms with Crippen molar-refractivity contribution in [3.8, 4) is 5.75 Å². The molecule has 1 saturated carbocycles. The van der Waals surface area contributed by atoms with Gasteiger partial charge in [-0.3, -0.25) is 4.98 Å². The SMILES string of the molecule is Cc1ccc(O[C@@H]2C[C@@H]3CN(c4ccnc(C(F)(F)F)n4)C[C@@H]3C[C@H]2O)c(C)n1. The van der Waals surface area contributed by atoms with Crippen LogP contribution in [0.1, 0.15) is 30.1 Å². The molecule has 156 valence electrons. The van der Waals surface area contributed by atoms with Gasteiger partial charge in [-0.05, 0) is 56.7 Å². The highest BCUT2D eigenvalue weighted by molar-refractivity contribution is 5.40. The fourth-order valence-electron chi connectivity index (χ4n) is 4.33. The fraction of sp³-hybridized carbons (Fsp3) is 0.550. The van der Waals surface area contributed by atoms with Crippen LogP contribution in [0.25, 0.3) is 0 Å². The Balaban J connectivity index is 1.46. The second-order valence-corrected chi connectivity index (χ2v) is 7.89. The van der Waals surface area contributed by atoms with Crippen molar-refractivity contribution in [3.63, 3.8) is 0 Å². The van der Waals surface area contributed by atoms with Crippen LogP contribution in [-0.2, 0) is 6.18 Å². The highest BCUT2D eigenvalue weighted by atomic mass is 19.4. The van der Waals surface area contributed by atoms with Gasteiger partial charge in [0.05, 0.1) is 11.8 Å². The molecule has 6 nitrogen and oxygen atoms in total. The van der Waals surface area contributed by atoms with Crippen molar-refractivity contribution in [3.05, 3.63) is 41.6 Å². The molecule has 1 N–H and O–H groups in total. The normalized spacial score (nSPS) is 27.0. The van der Waals surface area contributed by atoms with E-state index in [9.17, 15) is 18.3 Å². The van der Waals surface area contributed by atoms with E-state index in [1.54, 1.807) is 0 Å². The maximum Gasteiger partial charge on any atom is 0.451 e. The van der Waals surface area contributed by atoms with Crippen LogP contribution in [0, 0.1) is 25.7 Å². The second kappa shape index (κ2) is 7.44. The van der Waals surface area contributed by atoms with E-state index in [1.807, 2.05) is 30.9 Å². The maximum atomic E-state index is 12.9. The number of pyridine rings is 1. The van der Waals surface area contributed by atoms with Gasteiger partial charge in [0.1, 0.15) is 17.7 Å². The number of hydrogen-bond donors (Lipinski definition) is 1. The Morgan fingerprint density at radius 2 is 1.79 bits per heavy atom. The van der Waals surface area contributed by atoms with E-state index in [2.05, 4.69) is 15.0 Å². The van der Waals surface area contributed by atoms with Gasteiger partial charge in [0.15, 0.2) is 0 Å². The van der Waals surface area contributed by atoms with Crippen LogP contribution in [-0.4, -0.2) is 45.4 Å². The molecule has 2 aromatic heterocycles. The summed E-state index contributed by atoms with van der Waals surface area (Å²) in [5.74, 6) is 0.192. The van der Waals surface area contributed by atoms with Gasteiger partial charge in [-0.2, -0.15) is 13.2 Å². The third-order valence-electron chi connectivity index (χ3n) is 5.76. The van der Waals surface area contributed by atoms with Crippen LogP contribution in [0.5, 0.6) is 5.75 Å². The zero-order valence-corrected chi connectivity index (χ0v) is 16.2. The van der Waals surface area contributed by atoms with Crippen molar-refractivity contribution in [2.75, 3.05) is 18.0 Å². The monoisotopic (exact) mass is 408 g/mol. The third-order valence-corrected chi connectivity index (χ3v) is 5.76. The lowest BCUT2D eigenvalue weighted by Gasteiger charge is -2.35. The molecule has 0 spiro atoms. The van der Waals surface area contributed by atoms with Gasteiger partial charge in [-0.25, -0.2) is 9.97 Å². The molecule has 29 heavy (non-hydrogen) atoms. The largest absolute Gasteiger partial charge is 0.486 e. The van der Waals surface area contributed by atoms with E-state index in [-0.39, 0.29) is 23.8 Å². The average Bonchev–Trinajstić information content (AvgIpc) is 3.06. The van der Waals surface area contributed by atoms with Crippen molar-refractivity contribution in [2.45, 2.75) is 45.1 Å². The van der Waals surface area contributed by atoms with Gasteiger partial charge in [0, 0.05) is 25.0 Å². The van der Waals surface area contributed by atoms with Gasteiger partial charge < -0.3 is 14.7 Å². The minimum absolute atomic E-state index is 0.186. The summed E-state index contributed by atoms with van der Waals surface area (Å²) in [5.41, 5.74) is 1.67. The van der Waals surface area contributed by atoms with Gasteiger partial charge in [0.2, 0.25) is 5.82 Å². The van der Waals surface area contributed by atoms with Crippen LogP contribution >= 0.6 is 0 Å². The molecule has 0 amide bonds. The summed E-state index contributed by atoms with van der Waals surface area (Å²) < 4.78 is 44.8. The number of anilines is 1. The van der Waals surface area contributed by atoms with E-state index >= 15 is 0 Å². The predicted molar refractivity (Wildman–Crippen MR) is 99.6 cm³/mol. The summed E-state index contributed by atoms with van der Waals surface area (Å²) >= 11 is 0. The van der Waals surface area contributed by atoms with Gasteiger partial charge in [0.25, 0.3) is 0 Å². The smallest absolute Gasteiger partial charge is 0.451 e. The molecular formula is C20H23F3N4O2. The van der Waals surface area contributed by atoms with Crippen LogP contribution in [0.15, 0.2) is 24.4 Å². The molecule has 0 unspecified atom stereocenters. The Morgan fingerprint density at radius 3 is 2.48 bits per heavy atom. The van der Waals surface area contributed by atoms with Crippen molar-refractivity contribution in [2.24, 2.45) is 11.8 Å². The number of nitrogens with zero attached hydrogens (tertiary/aromatic N) is 4. The number of aliphatic hydroxyl groups is 1. The predicted octanol–water partition coefficient (Wildman–Crippen LogP) is 3.16. The summed E-state index contributed by atoms with van der Waals surface area (Å²) in [6, 6.07) is 5.22. The summed E-state index contributed by atoms with van der Waals surface area (Å²) in [5, 5.41) is 10.6. The van der Waals surface area contributed by atoms with Crippen LogP contribution in [0.4, 0.5) is 19.0 Å². The second-order valence-electron chi connectivity index (χ2n) is 7.89. The molecule has 0 aromatic carbocycles. The van der Waals surface area contributed by atoms with E-state index in [0.29, 0.717) is 31.7 Å². The molecule has 2 aromatic rings. The molecule has 2 aliphatic rings. The number of hydrogen-bond acceptors (Lipinski definition) is 6. The molecule has 1 saturated heterocycles. The van der Waals surface area contributed by atoms with Gasteiger partial charge >= 0.3 is 6.18 Å².